The third-order valence-corrected chi connectivity index (χ3v) is 5.45. The normalized spacial score (nSPS) is 14.5. The Kier molecular flexibility index (Phi) is 5.26. The lowest BCUT2D eigenvalue weighted by molar-refractivity contribution is -0.117. The average molecular weight is 394 g/mol. The van der Waals surface area contributed by atoms with Gasteiger partial charge in [-0.2, -0.15) is 0 Å². The molecule has 2 aromatic rings. The smallest absolute Gasteiger partial charge is 0.266 e. The van der Waals surface area contributed by atoms with Crippen LogP contribution in [0.25, 0.3) is 0 Å². The second-order valence-corrected chi connectivity index (χ2v) is 7.83. The van der Waals surface area contributed by atoms with Crippen molar-refractivity contribution in [2.45, 2.75) is 17.7 Å². The highest BCUT2D eigenvalue weighted by molar-refractivity contribution is 7.89. The molecular weight excluding hydrogens is 378 g/mol. The molecule has 1 fully saturated rings. The van der Waals surface area contributed by atoms with Gasteiger partial charge in [0.2, 0.25) is 5.91 Å². The molecule has 0 radical (unpaired) electrons. The largest absolute Gasteiger partial charge is 0.312 e. The Morgan fingerprint density at radius 3 is 2.27 bits per heavy atom. The van der Waals surface area contributed by atoms with Crippen LogP contribution in [0.2, 0.25) is 5.02 Å². The second kappa shape index (κ2) is 7.45. The maximum Gasteiger partial charge on any atom is 0.266 e. The van der Waals surface area contributed by atoms with Gasteiger partial charge < -0.3 is 4.90 Å². The van der Waals surface area contributed by atoms with Crippen molar-refractivity contribution in [3.63, 3.8) is 0 Å². The Labute approximate surface area is 156 Å². The van der Waals surface area contributed by atoms with E-state index in [1.54, 1.807) is 17.0 Å². The van der Waals surface area contributed by atoms with E-state index in [9.17, 15) is 18.0 Å². The van der Waals surface area contributed by atoms with Crippen LogP contribution < -0.4 is 15.2 Å². The van der Waals surface area contributed by atoms with Gasteiger partial charge in [0.05, 0.1) is 4.90 Å². The van der Waals surface area contributed by atoms with E-state index in [1.807, 2.05) is 4.83 Å². The van der Waals surface area contributed by atoms with E-state index in [4.69, 9.17) is 11.6 Å². The van der Waals surface area contributed by atoms with Crippen LogP contribution >= 0.6 is 11.6 Å². The Morgan fingerprint density at radius 1 is 1.04 bits per heavy atom. The summed E-state index contributed by atoms with van der Waals surface area (Å²) < 4.78 is 24.6. The van der Waals surface area contributed by atoms with Gasteiger partial charge >= 0.3 is 0 Å². The van der Waals surface area contributed by atoms with Gasteiger partial charge in [-0.05, 0) is 55.0 Å². The zero-order valence-electron chi connectivity index (χ0n) is 13.6. The summed E-state index contributed by atoms with van der Waals surface area (Å²) in [5.74, 6) is -0.585. The molecule has 1 aliphatic heterocycles. The van der Waals surface area contributed by atoms with Crippen molar-refractivity contribution in [1.29, 1.82) is 0 Å². The number of carbonyl (C=O) groups excluding carboxylic acids is 2. The number of hydrogen-bond donors (Lipinski definition) is 2. The molecule has 2 N–H and O–H groups in total. The quantitative estimate of drug-likeness (QED) is 0.760. The van der Waals surface area contributed by atoms with Crippen LogP contribution in [0.3, 0.4) is 0 Å². The molecule has 26 heavy (non-hydrogen) atoms. The predicted molar refractivity (Wildman–Crippen MR) is 97.3 cm³/mol. The highest BCUT2D eigenvalue weighted by Crippen LogP contribution is 2.22. The van der Waals surface area contributed by atoms with Gasteiger partial charge in [0, 0.05) is 29.2 Å². The summed E-state index contributed by atoms with van der Waals surface area (Å²) in [6, 6.07) is 11.9. The number of nitrogens with zero attached hydrogens (tertiary/aromatic N) is 1. The first kappa shape index (κ1) is 18.4. The molecule has 7 nitrogen and oxygen atoms in total. The summed E-state index contributed by atoms with van der Waals surface area (Å²) in [6.45, 7) is 0.625. The molecule has 2 aromatic carbocycles. The van der Waals surface area contributed by atoms with Crippen LogP contribution in [0.5, 0.6) is 0 Å². The molecule has 1 saturated heterocycles. The van der Waals surface area contributed by atoms with Crippen molar-refractivity contribution >= 4 is 39.1 Å². The van der Waals surface area contributed by atoms with Crippen LogP contribution in [-0.2, 0) is 14.8 Å². The Morgan fingerprint density at radius 2 is 1.69 bits per heavy atom. The molecule has 1 heterocycles. The summed E-state index contributed by atoms with van der Waals surface area (Å²) in [6.07, 6.45) is 1.29. The van der Waals surface area contributed by atoms with Gasteiger partial charge in [0.15, 0.2) is 0 Å². The Hall–Kier alpha value is -2.42. The van der Waals surface area contributed by atoms with Crippen LogP contribution in [0.1, 0.15) is 23.2 Å². The Bertz CT molecular complexity index is 927. The third-order valence-electron chi connectivity index (χ3n) is 3.94. The minimum atomic E-state index is -3.94. The molecular formula is C17H16ClN3O4S. The van der Waals surface area contributed by atoms with E-state index in [1.165, 1.54) is 36.4 Å². The fourth-order valence-electron chi connectivity index (χ4n) is 2.57. The maximum absolute atomic E-state index is 12.3. The highest BCUT2D eigenvalue weighted by atomic mass is 35.5. The van der Waals surface area contributed by atoms with Gasteiger partial charge in [0.25, 0.3) is 15.9 Å². The van der Waals surface area contributed by atoms with Gasteiger partial charge in [-0.25, -0.2) is 8.42 Å². The number of hydrazine groups is 1. The standard InChI is InChI=1S/C17H16ClN3O4S/c18-13-5-3-12(4-6-13)17(23)19-20-26(24,25)15-9-7-14(8-10-15)21-11-1-2-16(21)22/h3-10,20H,1-2,11H2,(H,19,23). The van der Waals surface area contributed by atoms with E-state index < -0.39 is 15.9 Å². The second-order valence-electron chi connectivity index (χ2n) is 5.71. The number of nitrogens with one attached hydrogen (secondary N) is 2. The van der Waals surface area contributed by atoms with Crippen LogP contribution in [-0.4, -0.2) is 26.8 Å². The molecule has 0 aromatic heterocycles. The molecule has 3 rings (SSSR count). The van der Waals surface area contributed by atoms with E-state index in [2.05, 4.69) is 5.43 Å². The molecule has 0 bridgehead atoms. The highest BCUT2D eigenvalue weighted by Gasteiger charge is 2.22. The van der Waals surface area contributed by atoms with Crippen molar-refractivity contribution in [2.75, 3.05) is 11.4 Å². The van der Waals surface area contributed by atoms with Gasteiger partial charge in [-0.3, -0.25) is 15.0 Å². The summed E-state index contributed by atoms with van der Waals surface area (Å²) in [4.78, 5) is 27.3. The van der Waals surface area contributed by atoms with Crippen LogP contribution in [0.4, 0.5) is 5.69 Å². The first-order valence-corrected chi connectivity index (χ1v) is 9.71. The van der Waals surface area contributed by atoms with E-state index >= 15 is 0 Å². The van der Waals surface area contributed by atoms with Crippen molar-refractivity contribution in [3.8, 4) is 0 Å². The topological polar surface area (TPSA) is 95.6 Å². The number of carbonyl (C=O) groups is 2. The number of anilines is 1. The van der Waals surface area contributed by atoms with Crippen molar-refractivity contribution in [2.24, 2.45) is 0 Å². The number of rotatable bonds is 5. The summed E-state index contributed by atoms with van der Waals surface area (Å²) in [5, 5.41) is 0.471. The lowest BCUT2D eigenvalue weighted by Crippen LogP contribution is -2.41. The molecule has 0 aliphatic carbocycles. The first-order chi connectivity index (χ1) is 12.4. The van der Waals surface area contributed by atoms with Crippen LogP contribution in [0, 0.1) is 0 Å². The van der Waals surface area contributed by atoms with Gasteiger partial charge in [-0.1, -0.05) is 11.6 Å². The molecule has 2 amide bonds. The summed E-state index contributed by atoms with van der Waals surface area (Å²) in [7, 11) is -3.94. The van der Waals surface area contributed by atoms with E-state index in [-0.39, 0.29) is 16.4 Å². The number of sulfonamides is 1. The minimum absolute atomic E-state index is 0.0222. The molecule has 0 atom stereocenters. The van der Waals surface area contributed by atoms with Gasteiger partial charge in [0.1, 0.15) is 0 Å². The molecule has 9 heteroatoms. The number of halogens is 1. The van der Waals surface area contributed by atoms with E-state index in [0.717, 1.165) is 6.42 Å². The lowest BCUT2D eigenvalue weighted by atomic mass is 10.2. The molecule has 1 aliphatic rings. The van der Waals surface area contributed by atoms with Gasteiger partial charge in [-0.15, -0.1) is 4.83 Å². The zero-order chi connectivity index (χ0) is 18.7. The average Bonchev–Trinajstić information content (AvgIpc) is 3.06. The lowest BCUT2D eigenvalue weighted by Gasteiger charge is -2.16. The number of benzene rings is 2. The monoisotopic (exact) mass is 393 g/mol. The maximum atomic E-state index is 12.3. The van der Waals surface area contributed by atoms with Crippen molar-refractivity contribution in [3.05, 3.63) is 59.1 Å². The van der Waals surface area contributed by atoms with Crippen molar-refractivity contribution < 1.29 is 18.0 Å². The third kappa shape index (κ3) is 4.04. The molecule has 136 valence electrons. The first-order valence-electron chi connectivity index (χ1n) is 7.85. The fourth-order valence-corrected chi connectivity index (χ4v) is 3.54. The minimum Gasteiger partial charge on any atom is -0.312 e. The number of hydrogen-bond acceptors (Lipinski definition) is 4. The molecule has 0 saturated carbocycles. The number of amides is 2. The fraction of sp³-hybridized carbons (Fsp3) is 0.176. The summed E-state index contributed by atoms with van der Waals surface area (Å²) in [5.41, 5.74) is 3.06. The molecule has 0 unspecified atom stereocenters. The zero-order valence-corrected chi connectivity index (χ0v) is 15.2. The molecule has 0 spiro atoms. The van der Waals surface area contributed by atoms with Crippen LogP contribution in [0.15, 0.2) is 53.4 Å². The Balaban J connectivity index is 1.67. The predicted octanol–water partition coefficient (Wildman–Crippen LogP) is 2.09. The summed E-state index contributed by atoms with van der Waals surface area (Å²) >= 11 is 5.75. The van der Waals surface area contributed by atoms with Crippen molar-refractivity contribution in [1.82, 2.24) is 10.3 Å². The van der Waals surface area contributed by atoms with E-state index in [0.29, 0.717) is 23.7 Å². The SMILES string of the molecule is O=C(NNS(=O)(=O)c1ccc(N2CCCC2=O)cc1)c1ccc(Cl)cc1.